The van der Waals surface area contributed by atoms with Crippen LogP contribution in [0.2, 0.25) is 0 Å². The van der Waals surface area contributed by atoms with Crippen molar-refractivity contribution in [2.75, 3.05) is 0 Å². The number of rotatable bonds is 1. The second-order valence-electron chi connectivity index (χ2n) is 6.88. The van der Waals surface area contributed by atoms with Gasteiger partial charge in [-0.25, -0.2) is 9.48 Å². The Labute approximate surface area is 104 Å². The Balaban J connectivity index is 3.59. The van der Waals surface area contributed by atoms with Crippen LogP contribution in [-0.2, 0) is 11.1 Å². The van der Waals surface area contributed by atoms with Crippen LogP contribution >= 0.6 is 0 Å². The third-order valence-electron chi connectivity index (χ3n) is 2.63. The highest BCUT2D eigenvalue weighted by Crippen LogP contribution is 2.21. The van der Waals surface area contributed by atoms with Gasteiger partial charge in [-0.15, -0.1) is 0 Å². The molecule has 0 amide bonds. The molecule has 1 rings (SSSR count). The fraction of sp³-hybridized carbons (Fsp3) is 0.846. The van der Waals surface area contributed by atoms with Crippen LogP contribution in [0.4, 0.5) is 0 Å². The first-order chi connectivity index (χ1) is 7.46. The van der Waals surface area contributed by atoms with Crippen LogP contribution in [-0.4, -0.2) is 14.3 Å². The Hall–Kier alpha value is -1.06. The van der Waals surface area contributed by atoms with Crippen molar-refractivity contribution in [3.63, 3.8) is 0 Å². The van der Waals surface area contributed by atoms with E-state index in [1.54, 1.807) is 4.68 Å². The largest absolute Gasteiger partial charge is 0.346 e. The molecule has 1 aromatic rings. The molecule has 0 N–H and O–H groups in total. The lowest BCUT2D eigenvalue weighted by Gasteiger charge is -2.22. The Morgan fingerprint density at radius 1 is 1.00 bits per heavy atom. The molecular formula is C13H25N3O. The fourth-order valence-electron chi connectivity index (χ4n) is 1.82. The predicted octanol–water partition coefficient (Wildman–Crippen LogP) is 2.68. The van der Waals surface area contributed by atoms with Crippen LogP contribution in [0.25, 0.3) is 0 Å². The van der Waals surface area contributed by atoms with Gasteiger partial charge in [-0.1, -0.05) is 13.8 Å². The summed E-state index contributed by atoms with van der Waals surface area (Å²) in [6, 6.07) is 0. The maximum absolute atomic E-state index is 12.5. The van der Waals surface area contributed by atoms with Gasteiger partial charge >= 0.3 is 5.69 Å². The minimum absolute atomic E-state index is 0.0197. The van der Waals surface area contributed by atoms with Crippen molar-refractivity contribution in [1.82, 2.24) is 14.3 Å². The minimum atomic E-state index is -0.281. The van der Waals surface area contributed by atoms with Crippen molar-refractivity contribution < 1.29 is 0 Å². The zero-order chi connectivity index (χ0) is 13.6. The van der Waals surface area contributed by atoms with Crippen molar-refractivity contribution in [2.24, 2.45) is 0 Å². The molecule has 0 aliphatic carbocycles. The van der Waals surface area contributed by atoms with E-state index >= 15 is 0 Å². The zero-order valence-electron chi connectivity index (χ0n) is 12.3. The van der Waals surface area contributed by atoms with Gasteiger partial charge in [0.15, 0.2) is 0 Å². The maximum atomic E-state index is 12.5. The molecule has 1 heterocycles. The summed E-state index contributed by atoms with van der Waals surface area (Å²) >= 11 is 0. The molecule has 4 nitrogen and oxygen atoms in total. The normalized spacial score (nSPS) is 13.5. The van der Waals surface area contributed by atoms with Crippen LogP contribution in [0, 0.1) is 0 Å². The van der Waals surface area contributed by atoms with Crippen molar-refractivity contribution in [1.29, 1.82) is 0 Å². The lowest BCUT2D eigenvalue weighted by Crippen LogP contribution is -2.40. The molecule has 0 bridgehead atoms. The molecule has 0 saturated carbocycles. The zero-order valence-corrected chi connectivity index (χ0v) is 12.3. The molecule has 0 atom stereocenters. The third kappa shape index (κ3) is 2.61. The number of hydrogen-bond acceptors (Lipinski definition) is 2. The van der Waals surface area contributed by atoms with E-state index in [1.165, 1.54) is 0 Å². The van der Waals surface area contributed by atoms with Gasteiger partial charge in [-0.2, -0.15) is 5.10 Å². The van der Waals surface area contributed by atoms with E-state index in [-0.39, 0.29) is 22.7 Å². The van der Waals surface area contributed by atoms with Crippen molar-refractivity contribution in [2.45, 2.75) is 72.4 Å². The molecule has 0 spiro atoms. The molecule has 17 heavy (non-hydrogen) atoms. The molecule has 0 aliphatic rings. The summed E-state index contributed by atoms with van der Waals surface area (Å²) in [7, 11) is 0. The van der Waals surface area contributed by atoms with Crippen molar-refractivity contribution >= 4 is 0 Å². The molecule has 0 radical (unpaired) electrons. The van der Waals surface area contributed by atoms with E-state index in [2.05, 4.69) is 18.9 Å². The summed E-state index contributed by atoms with van der Waals surface area (Å²) in [6.45, 7) is 16.2. The molecule has 0 unspecified atom stereocenters. The summed E-state index contributed by atoms with van der Waals surface area (Å²) < 4.78 is 3.40. The molecular weight excluding hydrogens is 214 g/mol. The molecule has 4 heteroatoms. The highest BCUT2D eigenvalue weighted by molar-refractivity contribution is 5.00. The summed E-state index contributed by atoms with van der Waals surface area (Å²) in [6.07, 6.45) is 0. The number of hydrogen-bond donors (Lipinski definition) is 0. The topological polar surface area (TPSA) is 39.8 Å². The van der Waals surface area contributed by atoms with Crippen LogP contribution in [0.1, 0.15) is 67.1 Å². The lowest BCUT2D eigenvalue weighted by atomic mass is 10.1. The fourth-order valence-corrected chi connectivity index (χ4v) is 1.82. The Morgan fingerprint density at radius 2 is 1.47 bits per heavy atom. The van der Waals surface area contributed by atoms with Crippen LogP contribution < -0.4 is 5.69 Å². The molecule has 0 aliphatic heterocycles. The number of nitrogens with zero attached hydrogens (tertiary/aromatic N) is 3. The van der Waals surface area contributed by atoms with E-state index in [0.29, 0.717) is 0 Å². The van der Waals surface area contributed by atoms with Gasteiger partial charge in [0, 0.05) is 11.5 Å². The lowest BCUT2D eigenvalue weighted by molar-refractivity contribution is 0.323. The van der Waals surface area contributed by atoms with Gasteiger partial charge in [0.25, 0.3) is 0 Å². The number of aromatic nitrogens is 3. The Morgan fingerprint density at radius 3 is 1.71 bits per heavy atom. The molecule has 0 fully saturated rings. The van der Waals surface area contributed by atoms with Crippen LogP contribution in [0.15, 0.2) is 4.79 Å². The second-order valence-corrected chi connectivity index (χ2v) is 6.88. The molecule has 0 saturated heterocycles. The van der Waals surface area contributed by atoms with E-state index in [1.807, 2.05) is 46.1 Å². The van der Waals surface area contributed by atoms with Gasteiger partial charge in [-0.3, -0.25) is 4.57 Å². The van der Waals surface area contributed by atoms with E-state index in [9.17, 15) is 4.79 Å². The molecule has 98 valence electrons. The van der Waals surface area contributed by atoms with Gasteiger partial charge in [0.2, 0.25) is 0 Å². The maximum Gasteiger partial charge on any atom is 0.346 e. The van der Waals surface area contributed by atoms with Gasteiger partial charge in [0.1, 0.15) is 5.82 Å². The molecule has 0 aromatic carbocycles. The van der Waals surface area contributed by atoms with Gasteiger partial charge < -0.3 is 0 Å². The summed E-state index contributed by atoms with van der Waals surface area (Å²) in [5, 5.41) is 4.51. The van der Waals surface area contributed by atoms with E-state index in [0.717, 1.165) is 5.82 Å². The van der Waals surface area contributed by atoms with E-state index < -0.39 is 0 Å². The third-order valence-corrected chi connectivity index (χ3v) is 2.63. The Kier molecular flexibility index (Phi) is 3.29. The smallest absolute Gasteiger partial charge is 0.273 e. The quantitative estimate of drug-likeness (QED) is 0.756. The first kappa shape index (κ1) is 14.0. The average molecular weight is 239 g/mol. The standard InChI is InChI=1S/C13H25N3O/c1-9(2)10-14-16(13(6,7)8)11(17)15(10)12(3,4)5/h9H,1-8H3. The van der Waals surface area contributed by atoms with E-state index in [4.69, 9.17) is 0 Å². The van der Waals surface area contributed by atoms with Crippen LogP contribution in [0.3, 0.4) is 0 Å². The van der Waals surface area contributed by atoms with Crippen LogP contribution in [0.5, 0.6) is 0 Å². The van der Waals surface area contributed by atoms with Gasteiger partial charge in [-0.05, 0) is 41.5 Å². The first-order valence-electron chi connectivity index (χ1n) is 6.19. The summed E-state index contributed by atoms with van der Waals surface area (Å²) in [4.78, 5) is 12.5. The average Bonchev–Trinajstić information content (AvgIpc) is 2.40. The van der Waals surface area contributed by atoms with Crippen molar-refractivity contribution in [3.05, 3.63) is 16.3 Å². The second kappa shape index (κ2) is 4.00. The summed E-state index contributed by atoms with van der Waals surface area (Å²) in [5.74, 6) is 1.10. The highest BCUT2D eigenvalue weighted by Gasteiger charge is 2.28. The summed E-state index contributed by atoms with van der Waals surface area (Å²) in [5.41, 5.74) is -0.536. The minimum Gasteiger partial charge on any atom is -0.273 e. The monoisotopic (exact) mass is 239 g/mol. The van der Waals surface area contributed by atoms with Crippen molar-refractivity contribution in [3.8, 4) is 0 Å². The highest BCUT2D eigenvalue weighted by atomic mass is 16.2. The molecule has 1 aromatic heterocycles. The SMILES string of the molecule is CC(C)c1nn(C(C)(C)C)c(=O)n1C(C)(C)C. The van der Waals surface area contributed by atoms with Gasteiger partial charge in [0.05, 0.1) is 5.54 Å². The first-order valence-corrected chi connectivity index (χ1v) is 6.19. The predicted molar refractivity (Wildman–Crippen MR) is 70.6 cm³/mol. The Bertz CT molecular complexity index is 452.